The van der Waals surface area contributed by atoms with Crippen LogP contribution in [0.25, 0.3) is 0 Å². The van der Waals surface area contributed by atoms with Gasteiger partial charge in [0.1, 0.15) is 6.04 Å². The van der Waals surface area contributed by atoms with Crippen molar-refractivity contribution >= 4 is 0 Å². The smallest absolute Gasteiger partial charge is 0.109 e. The maximum atomic E-state index is 5.28. The molecule has 0 bridgehead atoms. The number of hydrogen-bond acceptors (Lipinski definition) is 1. The standard InChI is InChI=1S/C10H14N2/c1-5-9(4)12-7-10(6-11-12)8(2)3/h1,6-9H,2-4H3/t9-/m0/s1. The van der Waals surface area contributed by atoms with Gasteiger partial charge in [0.2, 0.25) is 0 Å². The van der Waals surface area contributed by atoms with E-state index in [1.165, 1.54) is 5.56 Å². The van der Waals surface area contributed by atoms with Gasteiger partial charge in [-0.15, -0.1) is 6.42 Å². The number of nitrogens with zero attached hydrogens (tertiary/aromatic N) is 2. The molecule has 1 aromatic heterocycles. The van der Waals surface area contributed by atoms with E-state index in [1.54, 1.807) is 0 Å². The summed E-state index contributed by atoms with van der Waals surface area (Å²) in [7, 11) is 0. The van der Waals surface area contributed by atoms with Gasteiger partial charge in [0, 0.05) is 6.20 Å². The van der Waals surface area contributed by atoms with Crippen LogP contribution in [-0.4, -0.2) is 9.78 Å². The maximum Gasteiger partial charge on any atom is 0.109 e. The Morgan fingerprint density at radius 1 is 1.50 bits per heavy atom. The molecule has 1 aromatic rings. The monoisotopic (exact) mass is 162 g/mol. The van der Waals surface area contributed by atoms with Crippen molar-refractivity contribution in [2.75, 3.05) is 0 Å². The number of hydrogen-bond donors (Lipinski definition) is 0. The molecule has 2 heteroatoms. The average molecular weight is 162 g/mol. The highest BCUT2D eigenvalue weighted by Gasteiger charge is 2.05. The molecule has 0 aliphatic heterocycles. The lowest BCUT2D eigenvalue weighted by molar-refractivity contribution is 0.596. The Balaban J connectivity index is 2.86. The third-order valence-electron chi connectivity index (χ3n) is 1.93. The summed E-state index contributed by atoms with van der Waals surface area (Å²) in [6.07, 6.45) is 9.16. The lowest BCUT2D eigenvalue weighted by atomic mass is 10.1. The predicted molar refractivity (Wildman–Crippen MR) is 49.9 cm³/mol. The Morgan fingerprint density at radius 3 is 2.58 bits per heavy atom. The zero-order chi connectivity index (χ0) is 9.14. The van der Waals surface area contributed by atoms with E-state index in [0.717, 1.165) is 0 Å². The fraction of sp³-hybridized carbons (Fsp3) is 0.500. The molecule has 1 atom stereocenters. The molecule has 0 aromatic carbocycles. The third kappa shape index (κ3) is 1.68. The van der Waals surface area contributed by atoms with E-state index in [2.05, 4.69) is 24.9 Å². The van der Waals surface area contributed by atoms with Gasteiger partial charge in [0.05, 0.1) is 6.20 Å². The molecule has 12 heavy (non-hydrogen) atoms. The molecule has 0 aliphatic carbocycles. The fourth-order valence-corrected chi connectivity index (χ4v) is 0.939. The zero-order valence-electron chi connectivity index (χ0n) is 7.78. The van der Waals surface area contributed by atoms with Crippen molar-refractivity contribution in [3.05, 3.63) is 18.0 Å². The van der Waals surface area contributed by atoms with Gasteiger partial charge in [-0.3, -0.25) is 4.68 Å². The largest absolute Gasteiger partial charge is 0.258 e. The minimum atomic E-state index is 0.0532. The van der Waals surface area contributed by atoms with Crippen LogP contribution in [0.5, 0.6) is 0 Å². The maximum absolute atomic E-state index is 5.28. The van der Waals surface area contributed by atoms with Gasteiger partial charge in [-0.05, 0) is 18.4 Å². The molecular weight excluding hydrogens is 148 g/mol. The second kappa shape index (κ2) is 3.44. The summed E-state index contributed by atoms with van der Waals surface area (Å²) in [5, 5.41) is 4.18. The summed E-state index contributed by atoms with van der Waals surface area (Å²) in [6.45, 7) is 6.24. The van der Waals surface area contributed by atoms with Gasteiger partial charge in [0.15, 0.2) is 0 Å². The Bertz CT molecular complexity index is 291. The van der Waals surface area contributed by atoms with E-state index in [-0.39, 0.29) is 6.04 Å². The fourth-order valence-electron chi connectivity index (χ4n) is 0.939. The van der Waals surface area contributed by atoms with Crippen molar-refractivity contribution in [3.8, 4) is 12.3 Å². The highest BCUT2D eigenvalue weighted by molar-refractivity contribution is 5.10. The van der Waals surface area contributed by atoms with Crippen molar-refractivity contribution in [1.29, 1.82) is 0 Å². The highest BCUT2D eigenvalue weighted by Crippen LogP contribution is 2.14. The molecule has 1 heterocycles. The van der Waals surface area contributed by atoms with E-state index in [4.69, 9.17) is 6.42 Å². The van der Waals surface area contributed by atoms with Crippen LogP contribution in [0.4, 0.5) is 0 Å². The van der Waals surface area contributed by atoms with E-state index < -0.39 is 0 Å². The van der Waals surface area contributed by atoms with Crippen LogP contribution in [0, 0.1) is 12.3 Å². The Labute approximate surface area is 73.6 Å². The summed E-state index contributed by atoms with van der Waals surface area (Å²) < 4.78 is 1.81. The summed E-state index contributed by atoms with van der Waals surface area (Å²) >= 11 is 0. The Kier molecular flexibility index (Phi) is 2.54. The van der Waals surface area contributed by atoms with Crippen molar-refractivity contribution < 1.29 is 0 Å². The summed E-state index contributed by atoms with van der Waals surface area (Å²) in [5.74, 6) is 3.15. The molecule has 0 amide bonds. The van der Waals surface area contributed by atoms with Crippen LogP contribution in [0.15, 0.2) is 12.4 Å². The number of terminal acetylenes is 1. The lowest BCUT2D eigenvalue weighted by Gasteiger charge is -2.03. The topological polar surface area (TPSA) is 17.8 Å². The molecular formula is C10H14N2. The van der Waals surface area contributed by atoms with Crippen molar-refractivity contribution in [1.82, 2.24) is 9.78 Å². The van der Waals surface area contributed by atoms with Crippen molar-refractivity contribution in [2.45, 2.75) is 32.7 Å². The molecule has 64 valence electrons. The molecule has 2 nitrogen and oxygen atoms in total. The SMILES string of the molecule is C#C[C@H](C)n1cc(C(C)C)cn1. The molecule has 0 spiro atoms. The summed E-state index contributed by atoms with van der Waals surface area (Å²) in [5.41, 5.74) is 1.23. The van der Waals surface area contributed by atoms with E-state index >= 15 is 0 Å². The van der Waals surface area contributed by atoms with Gasteiger partial charge in [-0.25, -0.2) is 0 Å². The molecule has 0 saturated carbocycles. The van der Waals surface area contributed by atoms with E-state index in [9.17, 15) is 0 Å². The molecule has 0 N–H and O–H groups in total. The molecule has 0 unspecified atom stereocenters. The summed E-state index contributed by atoms with van der Waals surface area (Å²) in [6, 6.07) is 0.0532. The minimum absolute atomic E-state index is 0.0532. The van der Waals surface area contributed by atoms with Gasteiger partial charge in [-0.2, -0.15) is 5.10 Å². The van der Waals surface area contributed by atoms with Crippen molar-refractivity contribution in [3.63, 3.8) is 0 Å². The lowest BCUT2D eigenvalue weighted by Crippen LogP contribution is -2.02. The minimum Gasteiger partial charge on any atom is -0.258 e. The zero-order valence-corrected chi connectivity index (χ0v) is 7.78. The van der Waals surface area contributed by atoms with Crippen LogP contribution in [0.2, 0.25) is 0 Å². The second-order valence-electron chi connectivity index (χ2n) is 3.25. The average Bonchev–Trinajstić information content (AvgIpc) is 2.51. The number of rotatable bonds is 2. The van der Waals surface area contributed by atoms with Gasteiger partial charge < -0.3 is 0 Å². The first-order valence-electron chi connectivity index (χ1n) is 4.15. The first-order chi connectivity index (χ1) is 5.65. The predicted octanol–water partition coefficient (Wildman–Crippen LogP) is 2.20. The first kappa shape index (κ1) is 8.86. The molecule has 1 rings (SSSR count). The third-order valence-corrected chi connectivity index (χ3v) is 1.93. The van der Waals surface area contributed by atoms with Crippen LogP contribution < -0.4 is 0 Å². The quantitative estimate of drug-likeness (QED) is 0.609. The molecule has 0 fully saturated rings. The second-order valence-corrected chi connectivity index (χ2v) is 3.25. The van der Waals surface area contributed by atoms with E-state index in [0.29, 0.717) is 5.92 Å². The molecule has 0 aliphatic rings. The normalized spacial score (nSPS) is 12.9. The number of aromatic nitrogens is 2. The summed E-state index contributed by atoms with van der Waals surface area (Å²) in [4.78, 5) is 0. The van der Waals surface area contributed by atoms with Crippen LogP contribution in [0.3, 0.4) is 0 Å². The van der Waals surface area contributed by atoms with Gasteiger partial charge in [0.25, 0.3) is 0 Å². The van der Waals surface area contributed by atoms with Crippen molar-refractivity contribution in [2.24, 2.45) is 0 Å². The van der Waals surface area contributed by atoms with Crippen LogP contribution in [0.1, 0.15) is 38.3 Å². The van der Waals surface area contributed by atoms with Crippen LogP contribution >= 0.6 is 0 Å². The highest BCUT2D eigenvalue weighted by atomic mass is 15.3. The van der Waals surface area contributed by atoms with Gasteiger partial charge >= 0.3 is 0 Å². The van der Waals surface area contributed by atoms with Gasteiger partial charge in [-0.1, -0.05) is 19.8 Å². The molecule has 0 radical (unpaired) electrons. The van der Waals surface area contributed by atoms with E-state index in [1.807, 2.05) is 24.0 Å². The first-order valence-corrected chi connectivity index (χ1v) is 4.15. The van der Waals surface area contributed by atoms with Crippen LogP contribution in [-0.2, 0) is 0 Å². The molecule has 0 saturated heterocycles. The Hall–Kier alpha value is -1.23. The Morgan fingerprint density at radius 2 is 2.17 bits per heavy atom.